The second-order valence-corrected chi connectivity index (χ2v) is 7.20. The van der Waals surface area contributed by atoms with Crippen molar-refractivity contribution in [3.63, 3.8) is 0 Å². The van der Waals surface area contributed by atoms with Crippen LogP contribution >= 0.6 is 0 Å². The molecular formula is C25H23NO6. The van der Waals surface area contributed by atoms with Crippen LogP contribution in [0.15, 0.2) is 72.8 Å². The van der Waals surface area contributed by atoms with Crippen molar-refractivity contribution in [1.29, 1.82) is 0 Å². The van der Waals surface area contributed by atoms with Crippen LogP contribution in [-0.4, -0.2) is 31.2 Å². The molecule has 7 nitrogen and oxygen atoms in total. The van der Waals surface area contributed by atoms with Gasteiger partial charge in [-0.05, 0) is 42.8 Å². The van der Waals surface area contributed by atoms with E-state index in [1.807, 2.05) is 30.3 Å². The number of carbonyl (C=O) groups excluding carboxylic acids is 2. The van der Waals surface area contributed by atoms with Gasteiger partial charge in [0.2, 0.25) is 0 Å². The lowest BCUT2D eigenvalue weighted by Gasteiger charge is -2.19. The van der Waals surface area contributed by atoms with Crippen molar-refractivity contribution < 1.29 is 28.5 Å². The van der Waals surface area contributed by atoms with Gasteiger partial charge in [-0.15, -0.1) is 0 Å². The van der Waals surface area contributed by atoms with Crippen molar-refractivity contribution in [2.24, 2.45) is 0 Å². The molecule has 3 aromatic carbocycles. The smallest absolute Gasteiger partial charge is 0.339 e. The summed E-state index contributed by atoms with van der Waals surface area (Å²) < 4.78 is 22.1. The number of rotatable bonds is 7. The minimum absolute atomic E-state index is 0.301. The van der Waals surface area contributed by atoms with Crippen molar-refractivity contribution in [1.82, 2.24) is 0 Å². The molecule has 0 aliphatic carbocycles. The zero-order valence-electron chi connectivity index (χ0n) is 17.6. The maximum absolute atomic E-state index is 12.5. The number of anilines is 1. The third-order valence-electron chi connectivity index (χ3n) is 4.78. The molecule has 1 amide bonds. The van der Waals surface area contributed by atoms with E-state index >= 15 is 0 Å². The molecule has 164 valence electrons. The summed E-state index contributed by atoms with van der Waals surface area (Å²) in [4.78, 5) is 25.0. The van der Waals surface area contributed by atoms with E-state index < -0.39 is 18.0 Å². The highest BCUT2D eigenvalue weighted by Gasteiger charge is 2.20. The summed E-state index contributed by atoms with van der Waals surface area (Å²) in [6.07, 6.45) is -0.996. The Morgan fingerprint density at radius 3 is 2.53 bits per heavy atom. The Hall–Kier alpha value is -4.00. The van der Waals surface area contributed by atoms with E-state index in [4.69, 9.17) is 18.9 Å². The number of amides is 1. The Bertz CT molecular complexity index is 1100. The number of fused-ring (bicyclic) bond motifs is 1. The summed E-state index contributed by atoms with van der Waals surface area (Å²) in [5, 5.41) is 2.72. The van der Waals surface area contributed by atoms with Crippen molar-refractivity contribution >= 4 is 17.6 Å². The van der Waals surface area contributed by atoms with E-state index in [1.54, 1.807) is 42.5 Å². The van der Waals surface area contributed by atoms with Gasteiger partial charge in [-0.1, -0.05) is 36.4 Å². The minimum Gasteiger partial charge on any atom is -0.489 e. The van der Waals surface area contributed by atoms with Crippen LogP contribution < -0.4 is 19.5 Å². The van der Waals surface area contributed by atoms with Crippen LogP contribution in [-0.2, 0) is 16.1 Å². The van der Waals surface area contributed by atoms with E-state index in [1.165, 1.54) is 6.92 Å². The number of esters is 1. The quantitative estimate of drug-likeness (QED) is 0.562. The molecule has 32 heavy (non-hydrogen) atoms. The summed E-state index contributed by atoms with van der Waals surface area (Å²) in [6, 6.07) is 21.5. The number of benzene rings is 3. The second kappa shape index (κ2) is 9.87. The lowest BCUT2D eigenvalue weighted by atomic mass is 10.2. The van der Waals surface area contributed by atoms with Crippen LogP contribution in [0.2, 0.25) is 0 Å². The molecule has 4 rings (SSSR count). The van der Waals surface area contributed by atoms with Gasteiger partial charge in [0.05, 0.1) is 5.56 Å². The topological polar surface area (TPSA) is 83.1 Å². The van der Waals surface area contributed by atoms with Crippen molar-refractivity contribution in [3.8, 4) is 17.2 Å². The maximum atomic E-state index is 12.5. The van der Waals surface area contributed by atoms with Gasteiger partial charge in [0.1, 0.15) is 25.6 Å². The lowest BCUT2D eigenvalue weighted by Crippen LogP contribution is -2.30. The van der Waals surface area contributed by atoms with Crippen LogP contribution in [0.4, 0.5) is 5.69 Å². The highest BCUT2D eigenvalue weighted by atomic mass is 16.6. The fourth-order valence-corrected chi connectivity index (χ4v) is 3.10. The summed E-state index contributed by atoms with van der Waals surface area (Å²) in [6.45, 7) is 2.84. The molecule has 1 N–H and O–H groups in total. The maximum Gasteiger partial charge on any atom is 0.339 e. The Morgan fingerprint density at radius 2 is 1.72 bits per heavy atom. The molecular weight excluding hydrogens is 410 g/mol. The fourth-order valence-electron chi connectivity index (χ4n) is 3.10. The van der Waals surface area contributed by atoms with Gasteiger partial charge in [-0.3, -0.25) is 4.79 Å². The molecule has 0 radical (unpaired) electrons. The molecule has 3 aromatic rings. The molecule has 1 aliphatic heterocycles. The van der Waals surface area contributed by atoms with Gasteiger partial charge in [-0.2, -0.15) is 0 Å². The van der Waals surface area contributed by atoms with Crippen molar-refractivity contribution in [2.75, 3.05) is 18.5 Å². The minimum atomic E-state index is -0.996. The Labute approximate surface area is 185 Å². The normalized spacial score (nSPS) is 13.0. The molecule has 7 heteroatoms. The molecule has 1 unspecified atom stereocenters. The summed E-state index contributed by atoms with van der Waals surface area (Å²) in [5.74, 6) is 0.664. The van der Waals surface area contributed by atoms with E-state index in [9.17, 15) is 9.59 Å². The lowest BCUT2D eigenvalue weighted by molar-refractivity contribution is -0.123. The number of ether oxygens (including phenoxy) is 4. The third kappa shape index (κ3) is 5.37. The van der Waals surface area contributed by atoms with Crippen LogP contribution in [0.1, 0.15) is 22.8 Å². The number of hydrogen-bond acceptors (Lipinski definition) is 6. The summed E-state index contributed by atoms with van der Waals surface area (Å²) in [5.41, 5.74) is 1.85. The molecule has 0 aromatic heterocycles. The Kier molecular flexibility index (Phi) is 6.55. The zero-order chi connectivity index (χ0) is 22.3. The molecule has 1 heterocycles. The molecule has 1 aliphatic rings. The van der Waals surface area contributed by atoms with Crippen LogP contribution in [0.3, 0.4) is 0 Å². The summed E-state index contributed by atoms with van der Waals surface area (Å²) in [7, 11) is 0. The SMILES string of the molecule is CC(OC(=O)c1cccc(OCc2ccccc2)c1)C(=O)Nc1ccc2c(c1)OCCO2. The first-order valence-electron chi connectivity index (χ1n) is 10.3. The standard InChI is InChI=1S/C25H23NO6/c1-17(24(27)26-20-10-11-22-23(15-20)30-13-12-29-22)32-25(28)19-8-5-9-21(14-19)31-16-18-6-3-2-4-7-18/h2-11,14-15,17H,12-13,16H2,1H3,(H,26,27). The van der Waals surface area contributed by atoms with Gasteiger partial charge < -0.3 is 24.3 Å². The van der Waals surface area contributed by atoms with Crippen molar-refractivity contribution in [2.45, 2.75) is 19.6 Å². The highest BCUT2D eigenvalue weighted by molar-refractivity contribution is 5.97. The average Bonchev–Trinajstić information content (AvgIpc) is 2.83. The van der Waals surface area contributed by atoms with Crippen LogP contribution in [0, 0.1) is 0 Å². The van der Waals surface area contributed by atoms with E-state index in [2.05, 4.69) is 5.32 Å². The third-order valence-corrected chi connectivity index (χ3v) is 4.78. The Morgan fingerprint density at radius 1 is 0.938 bits per heavy atom. The molecule has 0 saturated carbocycles. The number of nitrogens with one attached hydrogen (secondary N) is 1. The van der Waals surface area contributed by atoms with E-state index in [0.717, 1.165) is 5.56 Å². The van der Waals surface area contributed by atoms with Gasteiger partial charge in [0.25, 0.3) is 5.91 Å². The average molecular weight is 433 g/mol. The van der Waals surface area contributed by atoms with E-state index in [-0.39, 0.29) is 0 Å². The van der Waals surface area contributed by atoms with Crippen molar-refractivity contribution in [3.05, 3.63) is 83.9 Å². The molecule has 1 atom stereocenters. The molecule has 0 fully saturated rings. The molecule has 0 bridgehead atoms. The molecule has 0 spiro atoms. The van der Waals surface area contributed by atoms with Crippen LogP contribution in [0.25, 0.3) is 0 Å². The summed E-state index contributed by atoms with van der Waals surface area (Å²) >= 11 is 0. The monoisotopic (exact) mass is 433 g/mol. The first-order chi connectivity index (χ1) is 15.6. The number of hydrogen-bond donors (Lipinski definition) is 1. The first-order valence-corrected chi connectivity index (χ1v) is 10.3. The largest absolute Gasteiger partial charge is 0.489 e. The first kappa shape index (κ1) is 21.2. The van der Waals surface area contributed by atoms with Gasteiger partial charge in [0.15, 0.2) is 17.6 Å². The second-order valence-electron chi connectivity index (χ2n) is 7.20. The van der Waals surface area contributed by atoms with Gasteiger partial charge >= 0.3 is 5.97 Å². The van der Waals surface area contributed by atoms with Crippen LogP contribution in [0.5, 0.6) is 17.2 Å². The molecule has 0 saturated heterocycles. The predicted molar refractivity (Wildman–Crippen MR) is 118 cm³/mol. The van der Waals surface area contributed by atoms with E-state index in [0.29, 0.717) is 48.3 Å². The predicted octanol–water partition coefficient (Wildman–Crippen LogP) is 4.22. The Balaban J connectivity index is 1.33. The zero-order valence-corrected chi connectivity index (χ0v) is 17.6. The fraction of sp³-hybridized carbons (Fsp3) is 0.200. The van der Waals surface area contributed by atoms with Gasteiger partial charge in [0, 0.05) is 11.8 Å². The number of carbonyl (C=O) groups is 2. The highest BCUT2D eigenvalue weighted by Crippen LogP contribution is 2.32. The van der Waals surface area contributed by atoms with Gasteiger partial charge in [-0.25, -0.2) is 4.79 Å².